The smallest absolute Gasteiger partial charge is 0.168 e. The van der Waals surface area contributed by atoms with E-state index in [2.05, 4.69) is 19.9 Å². The molecule has 1 fully saturated rings. The van der Waals surface area contributed by atoms with Crippen molar-refractivity contribution >= 4 is 5.78 Å². The molecule has 0 aliphatic heterocycles. The minimum atomic E-state index is -0.853. The highest BCUT2D eigenvalue weighted by Gasteiger charge is 2.39. The third-order valence-corrected chi connectivity index (χ3v) is 4.16. The van der Waals surface area contributed by atoms with Crippen molar-refractivity contribution in [3.63, 3.8) is 0 Å². The molecule has 4 atom stereocenters. The highest BCUT2D eigenvalue weighted by atomic mass is 16.3. The summed E-state index contributed by atoms with van der Waals surface area (Å²) in [4.78, 5) is 12.2. The molecule has 0 aromatic rings. The summed E-state index contributed by atoms with van der Waals surface area (Å²) in [5, 5.41) is 19.6. The average molecular weight is 268 g/mol. The van der Waals surface area contributed by atoms with E-state index in [1.807, 2.05) is 6.92 Å². The van der Waals surface area contributed by atoms with E-state index in [1.165, 1.54) is 0 Å². The van der Waals surface area contributed by atoms with E-state index in [0.29, 0.717) is 18.8 Å². The Morgan fingerprint density at radius 1 is 1.37 bits per heavy atom. The second kappa shape index (κ2) is 7.20. The topological polar surface area (TPSA) is 57.5 Å². The maximum atomic E-state index is 12.2. The molecule has 1 aliphatic carbocycles. The molecule has 3 nitrogen and oxygen atoms in total. The molecule has 0 heterocycles. The van der Waals surface area contributed by atoms with Gasteiger partial charge >= 0.3 is 0 Å². The van der Waals surface area contributed by atoms with Gasteiger partial charge in [-0.1, -0.05) is 25.5 Å². The number of hydrogen-bond acceptors (Lipinski definition) is 3. The molecular weight excluding hydrogens is 240 g/mol. The van der Waals surface area contributed by atoms with Gasteiger partial charge in [-0.25, -0.2) is 0 Å². The molecule has 2 unspecified atom stereocenters. The van der Waals surface area contributed by atoms with Gasteiger partial charge in [-0.2, -0.15) is 0 Å². The quantitative estimate of drug-likeness (QED) is 0.754. The first kappa shape index (κ1) is 16.4. The van der Waals surface area contributed by atoms with Crippen molar-refractivity contribution in [3.8, 4) is 0 Å². The number of ketones is 1. The molecule has 2 N–H and O–H groups in total. The van der Waals surface area contributed by atoms with E-state index in [1.54, 1.807) is 6.92 Å². The van der Waals surface area contributed by atoms with Gasteiger partial charge in [0.25, 0.3) is 0 Å². The SMILES string of the molecule is CC(=CCCC(C)C)[C@H]1C(=O)C(O)CC[C@@H]1C(C)O. The lowest BCUT2D eigenvalue weighted by molar-refractivity contribution is -0.137. The van der Waals surface area contributed by atoms with Crippen LogP contribution in [0.4, 0.5) is 0 Å². The molecule has 3 heteroatoms. The van der Waals surface area contributed by atoms with Gasteiger partial charge < -0.3 is 10.2 Å². The lowest BCUT2D eigenvalue weighted by Crippen LogP contribution is -2.42. The van der Waals surface area contributed by atoms with E-state index >= 15 is 0 Å². The molecule has 1 aliphatic rings. The number of rotatable bonds is 5. The van der Waals surface area contributed by atoms with E-state index in [0.717, 1.165) is 18.4 Å². The number of hydrogen-bond donors (Lipinski definition) is 2. The monoisotopic (exact) mass is 268 g/mol. The minimum Gasteiger partial charge on any atom is -0.393 e. The minimum absolute atomic E-state index is 0.0498. The van der Waals surface area contributed by atoms with Crippen molar-refractivity contribution in [1.29, 1.82) is 0 Å². The Hall–Kier alpha value is -0.670. The Kier molecular flexibility index (Phi) is 6.21. The van der Waals surface area contributed by atoms with Crippen molar-refractivity contribution in [2.75, 3.05) is 0 Å². The second-order valence-corrected chi connectivity index (χ2v) is 6.30. The fourth-order valence-electron chi connectivity index (χ4n) is 2.93. The number of carbonyl (C=O) groups is 1. The fourth-order valence-corrected chi connectivity index (χ4v) is 2.93. The molecule has 1 rings (SSSR count). The van der Waals surface area contributed by atoms with Crippen LogP contribution in [-0.2, 0) is 4.79 Å². The molecule has 0 saturated heterocycles. The molecule has 1 saturated carbocycles. The van der Waals surface area contributed by atoms with Crippen LogP contribution in [0.3, 0.4) is 0 Å². The summed E-state index contributed by atoms with van der Waals surface area (Å²) in [6, 6.07) is 0. The maximum absolute atomic E-state index is 12.2. The Morgan fingerprint density at radius 2 is 2.00 bits per heavy atom. The zero-order chi connectivity index (χ0) is 14.6. The number of aliphatic hydroxyl groups excluding tert-OH is 2. The van der Waals surface area contributed by atoms with E-state index in [4.69, 9.17) is 0 Å². The van der Waals surface area contributed by atoms with Crippen LogP contribution < -0.4 is 0 Å². The predicted octanol–water partition coefficient (Wildman–Crippen LogP) is 2.71. The lowest BCUT2D eigenvalue weighted by Gasteiger charge is -2.35. The molecule has 0 spiro atoms. The Morgan fingerprint density at radius 3 is 2.53 bits per heavy atom. The van der Waals surface area contributed by atoms with E-state index in [-0.39, 0.29) is 17.6 Å². The molecule has 0 radical (unpaired) electrons. The summed E-state index contributed by atoms with van der Waals surface area (Å²) in [5.74, 6) is 0.168. The van der Waals surface area contributed by atoms with Gasteiger partial charge in [0.2, 0.25) is 0 Å². The van der Waals surface area contributed by atoms with E-state index in [9.17, 15) is 15.0 Å². The molecular formula is C16H28O3. The number of Topliss-reactive ketones (excluding diaryl/α,β-unsaturated/α-hetero) is 1. The van der Waals surface area contributed by atoms with Gasteiger partial charge in [0, 0.05) is 5.92 Å². The molecule has 110 valence electrons. The first-order valence-corrected chi connectivity index (χ1v) is 7.41. The van der Waals surface area contributed by atoms with Crippen LogP contribution >= 0.6 is 0 Å². The van der Waals surface area contributed by atoms with Crippen molar-refractivity contribution in [3.05, 3.63) is 11.6 Å². The zero-order valence-electron chi connectivity index (χ0n) is 12.6. The average Bonchev–Trinajstić information content (AvgIpc) is 2.31. The molecule has 19 heavy (non-hydrogen) atoms. The Bertz CT molecular complexity index is 331. The summed E-state index contributed by atoms with van der Waals surface area (Å²) in [6.07, 6.45) is 3.99. The van der Waals surface area contributed by atoms with Gasteiger partial charge in [0.1, 0.15) is 6.10 Å². The summed E-state index contributed by atoms with van der Waals surface area (Å²) in [7, 11) is 0. The Balaban J connectivity index is 2.80. The third kappa shape index (κ3) is 4.43. The highest BCUT2D eigenvalue weighted by molar-refractivity contribution is 5.88. The van der Waals surface area contributed by atoms with Crippen LogP contribution in [0.1, 0.15) is 53.4 Å². The summed E-state index contributed by atoms with van der Waals surface area (Å²) < 4.78 is 0. The zero-order valence-corrected chi connectivity index (χ0v) is 12.6. The highest BCUT2D eigenvalue weighted by Crippen LogP contribution is 2.35. The molecule has 0 aromatic carbocycles. The second-order valence-electron chi connectivity index (χ2n) is 6.30. The van der Waals surface area contributed by atoms with Crippen LogP contribution in [-0.4, -0.2) is 28.2 Å². The number of carbonyl (C=O) groups excluding carboxylic acids is 1. The van der Waals surface area contributed by atoms with Crippen LogP contribution in [0.2, 0.25) is 0 Å². The largest absolute Gasteiger partial charge is 0.393 e. The van der Waals surface area contributed by atoms with Crippen LogP contribution in [0.15, 0.2) is 11.6 Å². The van der Waals surface area contributed by atoms with Crippen molar-refractivity contribution in [2.24, 2.45) is 17.8 Å². The fraction of sp³-hybridized carbons (Fsp3) is 0.812. The van der Waals surface area contributed by atoms with Crippen LogP contribution in [0.5, 0.6) is 0 Å². The third-order valence-electron chi connectivity index (χ3n) is 4.16. The summed E-state index contributed by atoms with van der Waals surface area (Å²) in [5.41, 5.74) is 1.01. The summed E-state index contributed by atoms with van der Waals surface area (Å²) in [6.45, 7) is 8.05. The standard InChI is InChI=1S/C16H28O3/c1-10(2)6-5-7-11(3)15-13(12(4)17)8-9-14(18)16(15)19/h7,10,12-15,17-18H,5-6,8-9H2,1-4H3/t12?,13-,14?,15-/m1/s1. The summed E-state index contributed by atoms with van der Waals surface area (Å²) >= 11 is 0. The van der Waals surface area contributed by atoms with Gasteiger partial charge in [-0.3, -0.25) is 4.79 Å². The maximum Gasteiger partial charge on any atom is 0.168 e. The van der Waals surface area contributed by atoms with Crippen LogP contribution in [0, 0.1) is 17.8 Å². The molecule has 0 amide bonds. The first-order valence-electron chi connectivity index (χ1n) is 7.41. The van der Waals surface area contributed by atoms with Gasteiger partial charge in [0.05, 0.1) is 6.10 Å². The molecule has 0 aromatic heterocycles. The lowest BCUT2D eigenvalue weighted by atomic mass is 9.71. The number of allylic oxidation sites excluding steroid dienone is 2. The Labute approximate surface area is 116 Å². The van der Waals surface area contributed by atoms with Crippen LogP contribution in [0.25, 0.3) is 0 Å². The number of aliphatic hydroxyl groups is 2. The first-order chi connectivity index (χ1) is 8.84. The van der Waals surface area contributed by atoms with E-state index < -0.39 is 12.2 Å². The van der Waals surface area contributed by atoms with Gasteiger partial charge in [-0.05, 0) is 51.4 Å². The normalized spacial score (nSPS) is 30.8. The predicted molar refractivity (Wildman–Crippen MR) is 76.7 cm³/mol. The van der Waals surface area contributed by atoms with Crippen molar-refractivity contribution < 1.29 is 15.0 Å². The van der Waals surface area contributed by atoms with Gasteiger partial charge in [0.15, 0.2) is 5.78 Å². The van der Waals surface area contributed by atoms with Gasteiger partial charge in [-0.15, -0.1) is 0 Å². The van der Waals surface area contributed by atoms with Crippen molar-refractivity contribution in [2.45, 2.75) is 65.6 Å². The van der Waals surface area contributed by atoms with Crippen molar-refractivity contribution in [1.82, 2.24) is 0 Å². The molecule has 0 bridgehead atoms.